The van der Waals surface area contributed by atoms with Crippen molar-refractivity contribution in [3.8, 4) is 0 Å². The summed E-state index contributed by atoms with van der Waals surface area (Å²) < 4.78 is 0. The van der Waals surface area contributed by atoms with E-state index in [1.54, 1.807) is 6.92 Å². The number of primary amides is 1. The number of carbonyl (C=O) groups is 1. The number of aliphatic imine (C=N–C) groups is 1. The van der Waals surface area contributed by atoms with Crippen molar-refractivity contribution in [2.24, 2.45) is 16.5 Å². The van der Waals surface area contributed by atoms with Gasteiger partial charge in [0, 0.05) is 6.42 Å². The molecule has 0 spiro atoms. The Labute approximate surface area is 66.7 Å². The first-order valence-electron chi connectivity index (χ1n) is 3.69. The van der Waals surface area contributed by atoms with Crippen molar-refractivity contribution >= 4 is 11.7 Å². The Bertz CT molecular complexity index is 165. The lowest BCUT2D eigenvalue weighted by molar-refractivity contribution is -0.118. The molecule has 0 aromatic rings. The fraction of sp³-hybridized carbons (Fsp3) is 0.714. The summed E-state index contributed by atoms with van der Waals surface area (Å²) in [6, 6.07) is -0.499. The van der Waals surface area contributed by atoms with E-state index in [2.05, 4.69) is 4.99 Å². The highest BCUT2D eigenvalue weighted by Crippen LogP contribution is 1.92. The predicted octanol–water partition coefficient (Wildman–Crippen LogP) is 0.0175. The van der Waals surface area contributed by atoms with E-state index in [9.17, 15) is 4.79 Å². The second-order valence-electron chi connectivity index (χ2n) is 2.45. The molecule has 11 heavy (non-hydrogen) atoms. The van der Waals surface area contributed by atoms with E-state index in [-0.39, 0.29) is 0 Å². The summed E-state index contributed by atoms with van der Waals surface area (Å²) in [6.45, 7) is 3.63. The van der Waals surface area contributed by atoms with Gasteiger partial charge in [-0.3, -0.25) is 9.79 Å². The largest absolute Gasteiger partial charge is 0.387 e. The summed E-state index contributed by atoms with van der Waals surface area (Å²) in [5.41, 5.74) is 10.4. The van der Waals surface area contributed by atoms with Crippen LogP contribution in [0.15, 0.2) is 4.99 Å². The number of rotatable bonds is 4. The second-order valence-corrected chi connectivity index (χ2v) is 2.45. The van der Waals surface area contributed by atoms with Crippen LogP contribution in [0.4, 0.5) is 0 Å². The molecule has 4 heteroatoms. The highest BCUT2D eigenvalue weighted by Gasteiger charge is 2.05. The standard InChI is InChI=1S/C7H15N3O/c1-3-4-6(8)10-5(2)7(9)11/h5H,3-4H2,1-2H3,(H2,8,10)(H2,9,11). The zero-order chi connectivity index (χ0) is 8.85. The maximum absolute atomic E-state index is 10.5. The maximum Gasteiger partial charge on any atom is 0.241 e. The number of nitrogens with zero attached hydrogens (tertiary/aromatic N) is 1. The number of amides is 1. The van der Waals surface area contributed by atoms with Gasteiger partial charge in [-0.05, 0) is 13.3 Å². The van der Waals surface area contributed by atoms with Crippen molar-refractivity contribution in [1.29, 1.82) is 0 Å². The Balaban J connectivity index is 3.96. The third kappa shape index (κ3) is 4.36. The summed E-state index contributed by atoms with van der Waals surface area (Å²) >= 11 is 0. The highest BCUT2D eigenvalue weighted by atomic mass is 16.1. The zero-order valence-electron chi connectivity index (χ0n) is 7.00. The van der Waals surface area contributed by atoms with E-state index < -0.39 is 11.9 Å². The van der Waals surface area contributed by atoms with E-state index in [0.717, 1.165) is 12.8 Å². The van der Waals surface area contributed by atoms with Crippen LogP contribution in [0.1, 0.15) is 26.7 Å². The monoisotopic (exact) mass is 157 g/mol. The number of nitrogens with two attached hydrogens (primary N) is 2. The van der Waals surface area contributed by atoms with Gasteiger partial charge in [0.2, 0.25) is 5.91 Å². The van der Waals surface area contributed by atoms with Gasteiger partial charge >= 0.3 is 0 Å². The molecular weight excluding hydrogens is 142 g/mol. The summed E-state index contributed by atoms with van der Waals surface area (Å²) in [5.74, 6) is 0.0582. The van der Waals surface area contributed by atoms with E-state index in [1.807, 2.05) is 6.92 Å². The molecule has 0 saturated heterocycles. The van der Waals surface area contributed by atoms with E-state index in [0.29, 0.717) is 5.84 Å². The van der Waals surface area contributed by atoms with Crippen LogP contribution >= 0.6 is 0 Å². The van der Waals surface area contributed by atoms with E-state index >= 15 is 0 Å². The van der Waals surface area contributed by atoms with Crippen molar-refractivity contribution < 1.29 is 4.79 Å². The van der Waals surface area contributed by atoms with Crippen molar-refractivity contribution in [3.63, 3.8) is 0 Å². The molecule has 4 N–H and O–H groups in total. The Morgan fingerprint density at radius 3 is 2.45 bits per heavy atom. The smallest absolute Gasteiger partial charge is 0.241 e. The van der Waals surface area contributed by atoms with Gasteiger partial charge in [0.25, 0.3) is 0 Å². The molecular formula is C7H15N3O. The van der Waals surface area contributed by atoms with Crippen molar-refractivity contribution in [1.82, 2.24) is 0 Å². The average molecular weight is 157 g/mol. The van der Waals surface area contributed by atoms with Crippen molar-refractivity contribution in [2.75, 3.05) is 0 Å². The molecule has 4 nitrogen and oxygen atoms in total. The van der Waals surface area contributed by atoms with Gasteiger partial charge in [-0.1, -0.05) is 6.92 Å². The van der Waals surface area contributed by atoms with Crippen molar-refractivity contribution in [3.05, 3.63) is 0 Å². The molecule has 1 unspecified atom stereocenters. The summed E-state index contributed by atoms with van der Waals surface area (Å²) in [7, 11) is 0. The highest BCUT2D eigenvalue weighted by molar-refractivity contribution is 5.86. The van der Waals surface area contributed by atoms with Gasteiger partial charge < -0.3 is 11.5 Å². The molecule has 0 aromatic carbocycles. The lowest BCUT2D eigenvalue weighted by atomic mass is 10.3. The molecule has 0 heterocycles. The first-order chi connectivity index (χ1) is 5.07. The molecule has 64 valence electrons. The fourth-order valence-electron chi connectivity index (χ4n) is 0.633. The van der Waals surface area contributed by atoms with Crippen LogP contribution in [0.25, 0.3) is 0 Å². The Morgan fingerprint density at radius 1 is 1.55 bits per heavy atom. The Kier molecular flexibility index (Phi) is 4.26. The molecule has 0 aromatic heterocycles. The molecule has 0 bridgehead atoms. The predicted molar refractivity (Wildman–Crippen MR) is 45.2 cm³/mol. The SMILES string of the molecule is CCCC(N)=NC(C)C(N)=O. The maximum atomic E-state index is 10.5. The first kappa shape index (κ1) is 9.94. The van der Waals surface area contributed by atoms with Crippen LogP contribution in [0.2, 0.25) is 0 Å². The zero-order valence-corrected chi connectivity index (χ0v) is 7.00. The molecule has 0 aliphatic carbocycles. The molecule has 1 atom stereocenters. The van der Waals surface area contributed by atoms with Crippen LogP contribution in [0, 0.1) is 0 Å². The number of hydrogen-bond acceptors (Lipinski definition) is 2. The van der Waals surface area contributed by atoms with Gasteiger partial charge in [0.15, 0.2) is 0 Å². The molecule has 0 aliphatic heterocycles. The number of hydrogen-bond donors (Lipinski definition) is 2. The normalized spacial score (nSPS) is 14.5. The van der Waals surface area contributed by atoms with Crippen LogP contribution in [0.5, 0.6) is 0 Å². The lowest BCUT2D eigenvalue weighted by Crippen LogP contribution is -2.26. The van der Waals surface area contributed by atoms with E-state index in [1.165, 1.54) is 0 Å². The third-order valence-electron chi connectivity index (χ3n) is 1.28. The third-order valence-corrected chi connectivity index (χ3v) is 1.28. The minimum absolute atomic E-state index is 0.441. The molecule has 0 aliphatic rings. The summed E-state index contributed by atoms with van der Waals surface area (Å²) in [6.07, 6.45) is 1.65. The summed E-state index contributed by atoms with van der Waals surface area (Å²) in [4.78, 5) is 14.4. The van der Waals surface area contributed by atoms with Crippen LogP contribution in [0.3, 0.4) is 0 Å². The number of amidine groups is 1. The van der Waals surface area contributed by atoms with Gasteiger partial charge in [-0.25, -0.2) is 0 Å². The number of carbonyl (C=O) groups excluding carboxylic acids is 1. The molecule has 0 saturated carbocycles. The van der Waals surface area contributed by atoms with Gasteiger partial charge in [0.05, 0.1) is 5.84 Å². The van der Waals surface area contributed by atoms with Crippen molar-refractivity contribution in [2.45, 2.75) is 32.7 Å². The molecule has 0 radical (unpaired) electrons. The van der Waals surface area contributed by atoms with Gasteiger partial charge in [0.1, 0.15) is 6.04 Å². The first-order valence-corrected chi connectivity index (χ1v) is 3.69. The van der Waals surface area contributed by atoms with E-state index in [4.69, 9.17) is 11.5 Å². The van der Waals surface area contributed by atoms with Gasteiger partial charge in [-0.15, -0.1) is 0 Å². The van der Waals surface area contributed by atoms with Crippen LogP contribution in [-0.2, 0) is 4.79 Å². The summed E-state index contributed by atoms with van der Waals surface area (Å²) in [5, 5.41) is 0. The topological polar surface area (TPSA) is 81.5 Å². The quantitative estimate of drug-likeness (QED) is 0.445. The fourth-order valence-corrected chi connectivity index (χ4v) is 0.633. The average Bonchev–Trinajstić information content (AvgIpc) is 1.87. The minimum atomic E-state index is -0.499. The molecule has 0 rings (SSSR count). The van der Waals surface area contributed by atoms with Crippen LogP contribution in [-0.4, -0.2) is 17.8 Å². The Morgan fingerprint density at radius 2 is 2.09 bits per heavy atom. The minimum Gasteiger partial charge on any atom is -0.387 e. The van der Waals surface area contributed by atoms with Gasteiger partial charge in [-0.2, -0.15) is 0 Å². The molecule has 0 fully saturated rings. The molecule has 1 amide bonds. The second kappa shape index (κ2) is 4.71. The van der Waals surface area contributed by atoms with Crippen LogP contribution < -0.4 is 11.5 Å². The lowest BCUT2D eigenvalue weighted by Gasteiger charge is -2.02. The Hall–Kier alpha value is -1.06.